The summed E-state index contributed by atoms with van der Waals surface area (Å²) in [5.41, 5.74) is -0.462. The average molecular weight is 445 g/mol. The molecule has 0 aliphatic carbocycles. The van der Waals surface area contributed by atoms with Gasteiger partial charge in [0.15, 0.2) is 5.82 Å². The van der Waals surface area contributed by atoms with Crippen LogP contribution in [0.15, 0.2) is 64.5 Å². The van der Waals surface area contributed by atoms with Crippen LogP contribution >= 0.6 is 0 Å². The van der Waals surface area contributed by atoms with E-state index < -0.39 is 27.1 Å². The Morgan fingerprint density at radius 2 is 1.81 bits per heavy atom. The lowest BCUT2D eigenvalue weighted by Crippen LogP contribution is -2.40. The Bertz CT molecular complexity index is 1240. The molecule has 0 aliphatic heterocycles. The van der Waals surface area contributed by atoms with E-state index in [1.807, 2.05) is 18.2 Å². The number of aromatic nitrogens is 3. The second-order valence-corrected chi connectivity index (χ2v) is 9.71. The fourth-order valence-electron chi connectivity index (χ4n) is 2.91. The van der Waals surface area contributed by atoms with Gasteiger partial charge in [0.1, 0.15) is 4.90 Å². The zero-order chi connectivity index (χ0) is 22.8. The number of nitrogens with one attached hydrogen (secondary N) is 1. The van der Waals surface area contributed by atoms with Crippen molar-refractivity contribution in [1.82, 2.24) is 19.1 Å². The summed E-state index contributed by atoms with van der Waals surface area (Å²) in [6.45, 7) is 5.20. The normalized spacial score (nSPS) is 12.0. The van der Waals surface area contributed by atoms with Crippen LogP contribution in [0, 0.1) is 0 Å². The summed E-state index contributed by atoms with van der Waals surface area (Å²) in [7, 11) is -2.17. The number of esters is 1. The van der Waals surface area contributed by atoms with E-state index in [4.69, 9.17) is 4.74 Å². The predicted octanol–water partition coefficient (Wildman–Crippen LogP) is 1.80. The Kier molecular flexibility index (Phi) is 6.14. The van der Waals surface area contributed by atoms with Crippen LogP contribution in [0.5, 0.6) is 5.75 Å². The number of sulfonamides is 1. The maximum absolute atomic E-state index is 12.7. The van der Waals surface area contributed by atoms with E-state index in [0.717, 1.165) is 5.56 Å². The van der Waals surface area contributed by atoms with Crippen LogP contribution in [0.2, 0.25) is 0 Å². The summed E-state index contributed by atoms with van der Waals surface area (Å²) in [6, 6.07) is 11.8. The van der Waals surface area contributed by atoms with E-state index in [2.05, 4.69) is 9.71 Å². The van der Waals surface area contributed by atoms with Crippen molar-refractivity contribution in [2.24, 2.45) is 7.05 Å². The van der Waals surface area contributed by atoms with Gasteiger partial charge in [0, 0.05) is 18.8 Å². The molecule has 0 bridgehead atoms. The molecule has 0 saturated heterocycles. The van der Waals surface area contributed by atoms with Gasteiger partial charge in [-0.15, -0.1) is 0 Å². The van der Waals surface area contributed by atoms with Crippen molar-refractivity contribution in [2.75, 3.05) is 0 Å². The first-order chi connectivity index (χ1) is 14.5. The minimum atomic E-state index is -3.75. The first-order valence-corrected chi connectivity index (χ1v) is 11.0. The molecule has 31 heavy (non-hydrogen) atoms. The Morgan fingerprint density at radius 1 is 1.13 bits per heavy atom. The van der Waals surface area contributed by atoms with Crippen molar-refractivity contribution in [3.05, 3.63) is 70.8 Å². The molecule has 3 aromatic rings. The lowest BCUT2D eigenvalue weighted by molar-refractivity contribution is -0.133. The fourth-order valence-corrected chi connectivity index (χ4v) is 4.27. The fraction of sp³-hybridized carbons (Fsp3) is 0.286. The highest BCUT2D eigenvalue weighted by Crippen LogP contribution is 2.15. The number of carbonyl (C=O) groups excluding carboxylic acids is 1. The van der Waals surface area contributed by atoms with Crippen molar-refractivity contribution >= 4 is 16.0 Å². The van der Waals surface area contributed by atoms with Crippen LogP contribution in [0.3, 0.4) is 0 Å². The highest BCUT2D eigenvalue weighted by atomic mass is 32.2. The molecule has 164 valence electrons. The van der Waals surface area contributed by atoms with Crippen LogP contribution in [-0.4, -0.2) is 34.3 Å². The molecule has 2 heterocycles. The smallest absolute Gasteiger partial charge is 0.315 e. The summed E-state index contributed by atoms with van der Waals surface area (Å²) < 4.78 is 35.2. The standard InChI is InChI=1S/C21H24N4O5S/c1-21(2,3)23-31(28,29)16-10-11-18(22-13-16)25-20(27)17(14-24(25)4)30-19(26)12-15-8-6-5-7-9-15/h5-11,13-14,23H,12H2,1-4H3. The van der Waals surface area contributed by atoms with Gasteiger partial charge >= 0.3 is 11.5 Å². The molecule has 0 unspecified atom stereocenters. The topological polar surface area (TPSA) is 112 Å². The van der Waals surface area contributed by atoms with Crippen LogP contribution in [-0.2, 0) is 28.3 Å². The van der Waals surface area contributed by atoms with E-state index in [9.17, 15) is 18.0 Å². The van der Waals surface area contributed by atoms with Gasteiger partial charge in [-0.2, -0.15) is 4.68 Å². The number of pyridine rings is 1. The third-order valence-electron chi connectivity index (χ3n) is 4.13. The number of aryl methyl sites for hydroxylation is 1. The zero-order valence-electron chi connectivity index (χ0n) is 17.7. The second-order valence-electron chi connectivity index (χ2n) is 8.03. The van der Waals surface area contributed by atoms with Gasteiger partial charge < -0.3 is 4.74 Å². The minimum absolute atomic E-state index is 0.0251. The van der Waals surface area contributed by atoms with Crippen molar-refractivity contribution in [3.63, 3.8) is 0 Å². The van der Waals surface area contributed by atoms with E-state index in [1.54, 1.807) is 40.0 Å². The second kappa shape index (κ2) is 8.48. The maximum atomic E-state index is 12.7. The number of carbonyl (C=O) groups is 1. The Balaban J connectivity index is 1.82. The molecule has 10 heteroatoms. The maximum Gasteiger partial charge on any atom is 0.315 e. The van der Waals surface area contributed by atoms with Crippen molar-refractivity contribution < 1.29 is 17.9 Å². The third-order valence-corrected chi connectivity index (χ3v) is 5.87. The number of rotatable bonds is 6. The van der Waals surface area contributed by atoms with Crippen LogP contribution in [0.25, 0.3) is 5.82 Å². The highest BCUT2D eigenvalue weighted by Gasteiger charge is 2.23. The quantitative estimate of drug-likeness (QED) is 0.580. The summed E-state index contributed by atoms with van der Waals surface area (Å²) >= 11 is 0. The molecule has 3 rings (SSSR count). The third kappa shape index (κ3) is 5.47. The monoisotopic (exact) mass is 444 g/mol. The van der Waals surface area contributed by atoms with E-state index in [-0.39, 0.29) is 22.9 Å². The van der Waals surface area contributed by atoms with Gasteiger partial charge in [-0.3, -0.25) is 14.3 Å². The van der Waals surface area contributed by atoms with Crippen molar-refractivity contribution in [1.29, 1.82) is 0 Å². The summed E-state index contributed by atoms with van der Waals surface area (Å²) in [4.78, 5) is 29.0. The van der Waals surface area contributed by atoms with Gasteiger partial charge in [-0.05, 0) is 38.5 Å². The minimum Gasteiger partial charge on any atom is -0.419 e. The van der Waals surface area contributed by atoms with Crippen LogP contribution < -0.4 is 15.0 Å². The molecule has 0 fully saturated rings. The first kappa shape index (κ1) is 22.4. The molecule has 1 N–H and O–H groups in total. The number of hydrogen-bond acceptors (Lipinski definition) is 6. The van der Waals surface area contributed by atoms with Gasteiger partial charge in [0.2, 0.25) is 15.8 Å². The van der Waals surface area contributed by atoms with E-state index in [1.165, 1.54) is 33.9 Å². The van der Waals surface area contributed by atoms with E-state index >= 15 is 0 Å². The largest absolute Gasteiger partial charge is 0.419 e. The molecular formula is C21H24N4O5S. The van der Waals surface area contributed by atoms with Gasteiger partial charge in [-0.25, -0.2) is 18.1 Å². The Labute approximate surface area is 180 Å². The molecule has 0 amide bonds. The summed E-state index contributed by atoms with van der Waals surface area (Å²) in [5.74, 6) is -0.521. The molecule has 0 atom stereocenters. The van der Waals surface area contributed by atoms with Crippen molar-refractivity contribution in [2.45, 2.75) is 37.6 Å². The average Bonchev–Trinajstić information content (AvgIpc) is 2.94. The molecule has 2 aromatic heterocycles. The van der Waals surface area contributed by atoms with Crippen LogP contribution in [0.4, 0.5) is 0 Å². The molecule has 0 saturated carbocycles. The number of ether oxygens (including phenoxy) is 1. The first-order valence-electron chi connectivity index (χ1n) is 9.50. The summed E-state index contributed by atoms with van der Waals surface area (Å²) in [5, 5.41) is 0. The zero-order valence-corrected chi connectivity index (χ0v) is 18.5. The SMILES string of the molecule is Cn1cc(OC(=O)Cc2ccccc2)c(=O)n1-c1ccc(S(=O)(=O)NC(C)(C)C)cn1. The van der Waals surface area contributed by atoms with Crippen molar-refractivity contribution in [3.8, 4) is 11.6 Å². The molecule has 0 aliphatic rings. The Morgan fingerprint density at radius 3 is 2.39 bits per heavy atom. The highest BCUT2D eigenvalue weighted by molar-refractivity contribution is 7.89. The van der Waals surface area contributed by atoms with Gasteiger partial charge in [0.05, 0.1) is 12.6 Å². The van der Waals surface area contributed by atoms with Crippen LogP contribution in [0.1, 0.15) is 26.3 Å². The molecule has 9 nitrogen and oxygen atoms in total. The number of nitrogens with zero attached hydrogens (tertiary/aromatic N) is 3. The lowest BCUT2D eigenvalue weighted by Gasteiger charge is -2.20. The molecule has 1 aromatic carbocycles. The van der Waals surface area contributed by atoms with Gasteiger partial charge in [-0.1, -0.05) is 30.3 Å². The molecule has 0 radical (unpaired) electrons. The predicted molar refractivity (Wildman–Crippen MR) is 115 cm³/mol. The van der Waals surface area contributed by atoms with Gasteiger partial charge in [0.25, 0.3) is 0 Å². The van der Waals surface area contributed by atoms with E-state index in [0.29, 0.717) is 0 Å². The molecular weight excluding hydrogens is 420 g/mol. The number of hydrogen-bond donors (Lipinski definition) is 1. The Hall–Kier alpha value is -3.24. The molecule has 0 spiro atoms. The lowest BCUT2D eigenvalue weighted by atomic mass is 10.1. The summed E-state index contributed by atoms with van der Waals surface area (Å²) in [6.07, 6.45) is 2.57. The number of benzene rings is 1.